The summed E-state index contributed by atoms with van der Waals surface area (Å²) in [6.07, 6.45) is -3.32. The van der Waals surface area contributed by atoms with Gasteiger partial charge in [0, 0.05) is 6.04 Å². The highest BCUT2D eigenvalue weighted by molar-refractivity contribution is 5.89. The molecule has 0 unspecified atom stereocenters. The zero-order valence-electron chi connectivity index (χ0n) is 10.6. The second kappa shape index (κ2) is 5.90. The molecule has 1 heterocycles. The number of pyridine rings is 1. The van der Waals surface area contributed by atoms with Gasteiger partial charge in [0.2, 0.25) is 0 Å². The molecule has 0 fully saturated rings. The summed E-state index contributed by atoms with van der Waals surface area (Å²) in [5.41, 5.74) is -2.22. The Labute approximate surface area is 108 Å². The lowest BCUT2D eigenvalue weighted by atomic mass is 10.1. The predicted molar refractivity (Wildman–Crippen MR) is 64.2 cm³/mol. The third-order valence-corrected chi connectivity index (χ3v) is 2.73. The number of hydrogen-bond acceptors (Lipinski definition) is 3. The minimum Gasteiger partial charge on any atom is -0.478 e. The largest absolute Gasteiger partial charge is 0.478 e. The number of alkyl halides is 3. The van der Waals surface area contributed by atoms with Crippen molar-refractivity contribution in [2.24, 2.45) is 0 Å². The molecule has 0 saturated heterocycles. The number of nitrogens with one attached hydrogen (secondary N) is 1. The second-order valence-electron chi connectivity index (χ2n) is 4.05. The molecule has 0 radical (unpaired) electrons. The summed E-state index contributed by atoms with van der Waals surface area (Å²) in [5, 5.41) is 11.6. The summed E-state index contributed by atoms with van der Waals surface area (Å²) in [7, 11) is 0. The maximum Gasteiger partial charge on any atom is 0.434 e. The van der Waals surface area contributed by atoms with E-state index in [-0.39, 0.29) is 11.9 Å². The van der Waals surface area contributed by atoms with Crippen LogP contribution in [-0.2, 0) is 6.18 Å². The molecular formula is C12H15F3N2O2. The van der Waals surface area contributed by atoms with Crippen LogP contribution in [0.1, 0.15) is 42.7 Å². The van der Waals surface area contributed by atoms with Crippen LogP contribution in [0.2, 0.25) is 0 Å². The first-order valence-corrected chi connectivity index (χ1v) is 5.87. The number of hydrogen-bond donors (Lipinski definition) is 2. The van der Waals surface area contributed by atoms with E-state index >= 15 is 0 Å². The maximum absolute atomic E-state index is 12.7. The molecule has 0 aliphatic heterocycles. The molecule has 0 bridgehead atoms. The lowest BCUT2D eigenvalue weighted by Gasteiger charge is -2.17. The van der Waals surface area contributed by atoms with E-state index in [0.29, 0.717) is 0 Å². The highest BCUT2D eigenvalue weighted by atomic mass is 19.4. The fraction of sp³-hybridized carbons (Fsp3) is 0.500. The summed E-state index contributed by atoms with van der Waals surface area (Å²) in [6, 6.07) is 2.17. The van der Waals surface area contributed by atoms with Gasteiger partial charge in [-0.05, 0) is 25.0 Å². The highest BCUT2D eigenvalue weighted by Crippen LogP contribution is 2.31. The first-order chi connectivity index (χ1) is 8.79. The van der Waals surface area contributed by atoms with Crippen molar-refractivity contribution in [3.8, 4) is 0 Å². The van der Waals surface area contributed by atoms with Crippen LogP contribution in [0.25, 0.3) is 0 Å². The molecule has 19 heavy (non-hydrogen) atoms. The first-order valence-electron chi connectivity index (χ1n) is 5.87. The molecule has 7 heteroatoms. The number of carbonyl (C=O) groups is 1. The monoisotopic (exact) mass is 276 g/mol. The lowest BCUT2D eigenvalue weighted by Crippen LogP contribution is -2.21. The SMILES string of the molecule is CCC(CC)Nc1ccc(C(=O)O)c(C(F)(F)F)n1. The third kappa shape index (κ3) is 3.84. The van der Waals surface area contributed by atoms with E-state index in [9.17, 15) is 18.0 Å². The molecule has 0 saturated carbocycles. The van der Waals surface area contributed by atoms with Crippen molar-refractivity contribution in [2.75, 3.05) is 5.32 Å². The van der Waals surface area contributed by atoms with Crippen molar-refractivity contribution in [3.05, 3.63) is 23.4 Å². The Morgan fingerprint density at radius 3 is 2.37 bits per heavy atom. The Morgan fingerprint density at radius 1 is 1.37 bits per heavy atom. The van der Waals surface area contributed by atoms with Crippen LogP contribution in [0.3, 0.4) is 0 Å². The van der Waals surface area contributed by atoms with E-state index in [1.807, 2.05) is 13.8 Å². The smallest absolute Gasteiger partial charge is 0.434 e. The summed E-state index contributed by atoms with van der Waals surface area (Å²) < 4.78 is 38.2. The van der Waals surface area contributed by atoms with E-state index in [1.165, 1.54) is 6.07 Å². The highest BCUT2D eigenvalue weighted by Gasteiger charge is 2.37. The van der Waals surface area contributed by atoms with E-state index < -0.39 is 23.4 Å². The average molecular weight is 276 g/mol. The Hall–Kier alpha value is -1.79. The minimum absolute atomic E-state index is 0.00395. The maximum atomic E-state index is 12.7. The van der Waals surface area contributed by atoms with Crippen LogP contribution < -0.4 is 5.32 Å². The van der Waals surface area contributed by atoms with Gasteiger partial charge in [-0.25, -0.2) is 9.78 Å². The molecule has 4 nitrogen and oxygen atoms in total. The van der Waals surface area contributed by atoms with E-state index in [2.05, 4.69) is 10.3 Å². The fourth-order valence-electron chi connectivity index (χ4n) is 1.63. The Balaban J connectivity index is 3.15. The van der Waals surface area contributed by atoms with Gasteiger partial charge < -0.3 is 10.4 Å². The van der Waals surface area contributed by atoms with Crippen molar-refractivity contribution in [1.82, 2.24) is 4.98 Å². The normalized spacial score (nSPS) is 11.7. The third-order valence-electron chi connectivity index (χ3n) is 2.73. The van der Waals surface area contributed by atoms with Crippen molar-refractivity contribution < 1.29 is 23.1 Å². The molecule has 0 atom stereocenters. The number of rotatable bonds is 5. The number of aromatic nitrogens is 1. The van der Waals surface area contributed by atoms with Crippen molar-refractivity contribution in [2.45, 2.75) is 38.9 Å². The summed E-state index contributed by atoms with van der Waals surface area (Å²) in [6.45, 7) is 3.80. The average Bonchev–Trinajstić information content (AvgIpc) is 2.34. The standard InChI is InChI=1S/C12H15F3N2O2/c1-3-7(4-2)16-9-6-5-8(11(18)19)10(17-9)12(13,14)15/h5-7H,3-4H2,1-2H3,(H,16,17)(H,18,19). The van der Waals surface area contributed by atoms with E-state index in [1.54, 1.807) is 0 Å². The van der Waals surface area contributed by atoms with Crippen LogP contribution in [0.15, 0.2) is 12.1 Å². The van der Waals surface area contributed by atoms with Crippen LogP contribution in [0, 0.1) is 0 Å². The number of aromatic carboxylic acids is 1. The molecule has 1 aromatic rings. The molecule has 0 amide bonds. The second-order valence-corrected chi connectivity index (χ2v) is 4.05. The zero-order chi connectivity index (χ0) is 14.6. The van der Waals surface area contributed by atoms with Gasteiger partial charge in [0.05, 0.1) is 5.56 Å². The summed E-state index contributed by atoms with van der Waals surface area (Å²) in [4.78, 5) is 14.1. The molecule has 0 aliphatic rings. The van der Waals surface area contributed by atoms with Gasteiger partial charge >= 0.3 is 12.1 Å². The quantitative estimate of drug-likeness (QED) is 0.865. The van der Waals surface area contributed by atoms with Gasteiger partial charge in [-0.1, -0.05) is 13.8 Å². The Bertz CT molecular complexity index is 457. The molecule has 1 rings (SSSR count). The van der Waals surface area contributed by atoms with Crippen LogP contribution >= 0.6 is 0 Å². The van der Waals surface area contributed by atoms with Crippen LogP contribution in [0.5, 0.6) is 0 Å². The van der Waals surface area contributed by atoms with Gasteiger partial charge in [0.15, 0.2) is 5.69 Å². The van der Waals surface area contributed by atoms with Gasteiger partial charge in [0.1, 0.15) is 5.82 Å². The predicted octanol–water partition coefficient (Wildman–Crippen LogP) is 3.40. The van der Waals surface area contributed by atoms with Crippen molar-refractivity contribution >= 4 is 11.8 Å². The van der Waals surface area contributed by atoms with Gasteiger partial charge in [-0.3, -0.25) is 0 Å². The number of carboxylic acids is 1. The molecule has 106 valence electrons. The molecular weight excluding hydrogens is 261 g/mol. The lowest BCUT2D eigenvalue weighted by molar-refractivity contribution is -0.141. The van der Waals surface area contributed by atoms with Crippen LogP contribution in [0.4, 0.5) is 19.0 Å². The number of halogens is 3. The number of nitrogens with zero attached hydrogens (tertiary/aromatic N) is 1. The summed E-state index contributed by atoms with van der Waals surface area (Å²) >= 11 is 0. The number of carboxylic acid groups (broad SMARTS) is 1. The van der Waals surface area contributed by atoms with E-state index in [0.717, 1.165) is 18.9 Å². The minimum atomic E-state index is -4.79. The van der Waals surface area contributed by atoms with Gasteiger partial charge in [-0.15, -0.1) is 0 Å². The fourth-order valence-corrected chi connectivity index (χ4v) is 1.63. The topological polar surface area (TPSA) is 62.2 Å². The van der Waals surface area contributed by atoms with Crippen molar-refractivity contribution in [1.29, 1.82) is 0 Å². The summed E-state index contributed by atoms with van der Waals surface area (Å²) in [5.74, 6) is -1.61. The van der Waals surface area contributed by atoms with Crippen molar-refractivity contribution in [3.63, 3.8) is 0 Å². The Kier molecular flexibility index (Phi) is 4.74. The van der Waals surface area contributed by atoms with E-state index in [4.69, 9.17) is 5.11 Å². The number of anilines is 1. The van der Waals surface area contributed by atoms with Gasteiger partial charge in [-0.2, -0.15) is 13.2 Å². The molecule has 1 aromatic heterocycles. The molecule has 2 N–H and O–H groups in total. The molecule has 0 aliphatic carbocycles. The molecule has 0 spiro atoms. The zero-order valence-corrected chi connectivity index (χ0v) is 10.6. The van der Waals surface area contributed by atoms with Crippen LogP contribution in [-0.4, -0.2) is 22.1 Å². The van der Waals surface area contributed by atoms with Gasteiger partial charge in [0.25, 0.3) is 0 Å². The first kappa shape index (κ1) is 15.3. The Morgan fingerprint density at radius 2 is 1.95 bits per heavy atom. The molecule has 0 aromatic carbocycles.